The number of nitrogens with zero attached hydrogens (tertiary/aromatic N) is 4. The Morgan fingerprint density at radius 3 is 2.81 bits per heavy atom. The Morgan fingerprint density at radius 1 is 1.56 bits per heavy atom. The van der Waals surface area contributed by atoms with Crippen molar-refractivity contribution in [2.75, 3.05) is 17.7 Å². The van der Waals surface area contributed by atoms with Crippen LogP contribution in [0.15, 0.2) is 11.6 Å². The Kier molecular flexibility index (Phi) is 2.82. The minimum absolute atomic E-state index is 0.692. The van der Waals surface area contributed by atoms with E-state index in [1.54, 1.807) is 22.2 Å². The van der Waals surface area contributed by atoms with Crippen LogP contribution in [0.2, 0.25) is 0 Å². The van der Waals surface area contributed by atoms with Gasteiger partial charge in [-0.25, -0.2) is 4.98 Å². The van der Waals surface area contributed by atoms with Crippen molar-refractivity contribution in [2.24, 2.45) is 7.05 Å². The lowest BCUT2D eigenvalue weighted by molar-refractivity contribution is 0.749. The molecule has 0 amide bonds. The largest absolute Gasteiger partial charge is 0.394 e. The van der Waals surface area contributed by atoms with Crippen LogP contribution in [0.25, 0.3) is 0 Å². The Morgan fingerprint density at radius 2 is 2.31 bits per heavy atom. The summed E-state index contributed by atoms with van der Waals surface area (Å²) in [5.74, 6) is 0.799. The number of aromatic nitrogens is 3. The highest BCUT2D eigenvalue weighted by atomic mass is 32.1. The molecule has 0 bridgehead atoms. The normalized spacial score (nSPS) is 10.7. The summed E-state index contributed by atoms with van der Waals surface area (Å²) in [4.78, 5) is 6.42. The summed E-state index contributed by atoms with van der Waals surface area (Å²) >= 11 is 1.66. The average Bonchev–Trinajstić information content (AvgIpc) is 2.73. The first-order valence-corrected chi connectivity index (χ1v) is 5.85. The highest BCUT2D eigenvalue weighted by molar-refractivity contribution is 7.09. The van der Waals surface area contributed by atoms with E-state index in [0.717, 1.165) is 23.1 Å². The molecule has 2 heterocycles. The summed E-state index contributed by atoms with van der Waals surface area (Å²) in [7, 11) is 3.83. The van der Waals surface area contributed by atoms with Crippen molar-refractivity contribution in [3.8, 4) is 0 Å². The van der Waals surface area contributed by atoms with Crippen LogP contribution in [-0.4, -0.2) is 21.8 Å². The fraction of sp³-hybridized carbons (Fsp3) is 0.400. The maximum Gasteiger partial charge on any atom is 0.173 e. The minimum atomic E-state index is 0.692. The summed E-state index contributed by atoms with van der Waals surface area (Å²) in [5.41, 5.74) is 7.60. The van der Waals surface area contributed by atoms with E-state index in [9.17, 15) is 0 Å². The summed E-state index contributed by atoms with van der Waals surface area (Å²) in [6.45, 7) is 2.73. The number of anilines is 2. The lowest BCUT2D eigenvalue weighted by Crippen LogP contribution is -2.18. The van der Waals surface area contributed by atoms with E-state index in [0.29, 0.717) is 5.69 Å². The quantitative estimate of drug-likeness (QED) is 0.876. The molecule has 6 heteroatoms. The Labute approximate surface area is 98.5 Å². The molecule has 2 N–H and O–H groups in total. The van der Waals surface area contributed by atoms with E-state index in [-0.39, 0.29) is 0 Å². The number of nitrogens with two attached hydrogens (primary N) is 1. The minimum Gasteiger partial charge on any atom is -0.394 e. The van der Waals surface area contributed by atoms with Crippen LogP contribution in [0.4, 0.5) is 11.5 Å². The fourth-order valence-electron chi connectivity index (χ4n) is 1.59. The standard InChI is InChI=1S/C10H15N5S/c1-7-12-8(6-16-7)4-14(2)10-9(11)5-15(3)13-10/h5-6H,4,11H2,1-3H3. The second-order valence-electron chi connectivity index (χ2n) is 3.80. The lowest BCUT2D eigenvalue weighted by Gasteiger charge is -2.15. The molecule has 5 nitrogen and oxygen atoms in total. The van der Waals surface area contributed by atoms with Crippen LogP contribution in [0.1, 0.15) is 10.7 Å². The molecule has 0 aliphatic heterocycles. The van der Waals surface area contributed by atoms with Gasteiger partial charge in [0.1, 0.15) is 0 Å². The van der Waals surface area contributed by atoms with Gasteiger partial charge in [-0.15, -0.1) is 11.3 Å². The summed E-state index contributed by atoms with van der Waals surface area (Å²) in [5, 5.41) is 7.45. The van der Waals surface area contributed by atoms with Gasteiger partial charge in [-0.2, -0.15) is 5.10 Å². The summed E-state index contributed by atoms with van der Waals surface area (Å²) in [6.07, 6.45) is 1.80. The molecule has 0 fully saturated rings. The van der Waals surface area contributed by atoms with E-state index in [1.807, 2.05) is 25.9 Å². The van der Waals surface area contributed by atoms with Gasteiger partial charge < -0.3 is 10.6 Å². The Balaban J connectivity index is 2.14. The van der Waals surface area contributed by atoms with Gasteiger partial charge in [0.25, 0.3) is 0 Å². The van der Waals surface area contributed by atoms with Crippen molar-refractivity contribution >= 4 is 22.8 Å². The molecule has 0 radical (unpaired) electrons. The van der Waals surface area contributed by atoms with Gasteiger partial charge in [0.05, 0.1) is 22.9 Å². The third-order valence-electron chi connectivity index (χ3n) is 2.26. The molecule has 0 aliphatic rings. The van der Waals surface area contributed by atoms with Crippen molar-refractivity contribution in [1.82, 2.24) is 14.8 Å². The molecular formula is C10H15N5S. The maximum atomic E-state index is 5.86. The van der Waals surface area contributed by atoms with Crippen LogP contribution in [0, 0.1) is 6.92 Å². The van der Waals surface area contributed by atoms with Gasteiger partial charge in [-0.1, -0.05) is 0 Å². The number of hydrogen-bond donors (Lipinski definition) is 1. The van der Waals surface area contributed by atoms with Crippen LogP contribution < -0.4 is 10.6 Å². The van der Waals surface area contributed by atoms with E-state index in [4.69, 9.17) is 5.73 Å². The van der Waals surface area contributed by atoms with E-state index >= 15 is 0 Å². The Bertz CT molecular complexity index is 487. The molecule has 2 rings (SSSR count). The molecule has 2 aromatic heterocycles. The van der Waals surface area contributed by atoms with Gasteiger partial charge in [0, 0.05) is 25.7 Å². The molecule has 16 heavy (non-hydrogen) atoms. The topological polar surface area (TPSA) is 60.0 Å². The van der Waals surface area contributed by atoms with Crippen molar-refractivity contribution < 1.29 is 0 Å². The van der Waals surface area contributed by atoms with Crippen molar-refractivity contribution in [3.63, 3.8) is 0 Å². The first kappa shape index (κ1) is 10.9. The molecule has 0 saturated heterocycles. The summed E-state index contributed by atoms with van der Waals surface area (Å²) < 4.78 is 1.72. The number of hydrogen-bond acceptors (Lipinski definition) is 5. The van der Waals surface area contributed by atoms with Gasteiger partial charge in [0.15, 0.2) is 5.82 Å². The van der Waals surface area contributed by atoms with Gasteiger partial charge >= 0.3 is 0 Å². The van der Waals surface area contributed by atoms with Crippen molar-refractivity contribution in [1.29, 1.82) is 0 Å². The zero-order valence-corrected chi connectivity index (χ0v) is 10.5. The second-order valence-corrected chi connectivity index (χ2v) is 4.86. The molecule has 0 saturated carbocycles. The third-order valence-corrected chi connectivity index (χ3v) is 3.09. The van der Waals surface area contributed by atoms with E-state index < -0.39 is 0 Å². The number of nitrogen functional groups attached to an aromatic ring is 1. The van der Waals surface area contributed by atoms with Crippen molar-refractivity contribution in [2.45, 2.75) is 13.5 Å². The molecule has 0 unspecified atom stereocenters. The number of rotatable bonds is 3. The molecule has 0 aromatic carbocycles. The van der Waals surface area contributed by atoms with Crippen LogP contribution >= 0.6 is 11.3 Å². The van der Waals surface area contributed by atoms with Crippen molar-refractivity contribution in [3.05, 3.63) is 22.3 Å². The number of aryl methyl sites for hydroxylation is 2. The van der Waals surface area contributed by atoms with Gasteiger partial charge in [0.2, 0.25) is 0 Å². The second kappa shape index (κ2) is 4.13. The van der Waals surface area contributed by atoms with Crippen LogP contribution in [-0.2, 0) is 13.6 Å². The zero-order valence-electron chi connectivity index (χ0n) is 9.64. The maximum absolute atomic E-state index is 5.86. The molecular weight excluding hydrogens is 222 g/mol. The molecule has 86 valence electrons. The van der Waals surface area contributed by atoms with E-state index in [2.05, 4.69) is 15.5 Å². The van der Waals surface area contributed by atoms with E-state index in [1.165, 1.54) is 0 Å². The fourth-order valence-corrected chi connectivity index (χ4v) is 2.19. The van der Waals surface area contributed by atoms with Crippen LogP contribution in [0.3, 0.4) is 0 Å². The highest BCUT2D eigenvalue weighted by Gasteiger charge is 2.11. The van der Waals surface area contributed by atoms with Gasteiger partial charge in [-0.3, -0.25) is 4.68 Å². The number of thiazole rings is 1. The predicted molar refractivity (Wildman–Crippen MR) is 66.6 cm³/mol. The average molecular weight is 237 g/mol. The predicted octanol–water partition coefficient (Wildman–Crippen LogP) is 1.40. The SMILES string of the molecule is Cc1nc(CN(C)c2nn(C)cc2N)cs1. The Hall–Kier alpha value is -1.56. The molecule has 2 aromatic rings. The van der Waals surface area contributed by atoms with Gasteiger partial charge in [-0.05, 0) is 6.92 Å². The lowest BCUT2D eigenvalue weighted by atomic mass is 10.4. The smallest absolute Gasteiger partial charge is 0.173 e. The summed E-state index contributed by atoms with van der Waals surface area (Å²) in [6, 6.07) is 0. The highest BCUT2D eigenvalue weighted by Crippen LogP contribution is 2.21. The third kappa shape index (κ3) is 2.16. The monoisotopic (exact) mass is 237 g/mol. The molecule has 0 aliphatic carbocycles. The molecule has 0 atom stereocenters. The zero-order chi connectivity index (χ0) is 11.7. The first-order chi connectivity index (χ1) is 7.56. The molecule has 0 spiro atoms. The van der Waals surface area contributed by atoms with Crippen LogP contribution in [0.5, 0.6) is 0 Å². The first-order valence-electron chi connectivity index (χ1n) is 4.97.